The van der Waals surface area contributed by atoms with Gasteiger partial charge in [-0.05, 0) is 24.6 Å². The van der Waals surface area contributed by atoms with Crippen LogP contribution in [-0.4, -0.2) is 45.4 Å². The molecule has 6 nitrogen and oxygen atoms in total. The summed E-state index contributed by atoms with van der Waals surface area (Å²) in [6.45, 7) is -0.0873. The van der Waals surface area contributed by atoms with Crippen molar-refractivity contribution in [2.24, 2.45) is 0 Å². The van der Waals surface area contributed by atoms with E-state index < -0.39 is 42.0 Å². The SMILES string of the molecule is O=S(=O)(F)c1cc(S(=O)(=O)N2CCC(O)C2)ccc1F. The van der Waals surface area contributed by atoms with Crippen molar-refractivity contribution in [1.29, 1.82) is 0 Å². The van der Waals surface area contributed by atoms with E-state index in [-0.39, 0.29) is 19.5 Å². The summed E-state index contributed by atoms with van der Waals surface area (Å²) in [4.78, 5) is -1.86. The fourth-order valence-corrected chi connectivity index (χ4v) is 4.07. The highest BCUT2D eigenvalue weighted by Gasteiger charge is 2.33. The predicted molar refractivity (Wildman–Crippen MR) is 64.1 cm³/mol. The number of halogens is 2. The highest BCUT2D eigenvalue weighted by atomic mass is 32.3. The Balaban J connectivity index is 2.48. The molecule has 0 amide bonds. The van der Waals surface area contributed by atoms with Crippen LogP contribution in [0.1, 0.15) is 6.42 Å². The molecular weight excluding hydrogens is 316 g/mol. The highest BCUT2D eigenvalue weighted by molar-refractivity contribution is 7.89. The minimum Gasteiger partial charge on any atom is -0.392 e. The first-order valence-corrected chi connectivity index (χ1v) is 8.37. The zero-order valence-corrected chi connectivity index (χ0v) is 11.7. The van der Waals surface area contributed by atoms with E-state index in [0.717, 1.165) is 10.4 Å². The summed E-state index contributed by atoms with van der Waals surface area (Å²) >= 11 is 0. The monoisotopic (exact) mass is 327 g/mol. The molecule has 0 saturated carbocycles. The third-order valence-corrected chi connectivity index (χ3v) is 5.63. The van der Waals surface area contributed by atoms with Crippen LogP contribution in [0.2, 0.25) is 0 Å². The minimum absolute atomic E-state index is 0.0542. The second-order valence-electron chi connectivity index (χ2n) is 4.34. The van der Waals surface area contributed by atoms with Crippen LogP contribution in [0.25, 0.3) is 0 Å². The molecule has 0 bridgehead atoms. The molecule has 0 spiro atoms. The Kier molecular flexibility index (Phi) is 3.84. The van der Waals surface area contributed by atoms with Gasteiger partial charge in [0.25, 0.3) is 0 Å². The quantitative estimate of drug-likeness (QED) is 0.803. The van der Waals surface area contributed by atoms with Gasteiger partial charge in [-0.2, -0.15) is 12.7 Å². The molecule has 0 radical (unpaired) electrons. The molecular formula is C10H11F2NO5S2. The maximum Gasteiger partial charge on any atom is 0.335 e. The third-order valence-electron chi connectivity index (χ3n) is 2.93. The van der Waals surface area contributed by atoms with Crippen molar-refractivity contribution in [3.63, 3.8) is 0 Å². The number of sulfonamides is 1. The molecule has 20 heavy (non-hydrogen) atoms. The van der Waals surface area contributed by atoms with Crippen LogP contribution in [0.15, 0.2) is 28.0 Å². The highest BCUT2D eigenvalue weighted by Crippen LogP contribution is 2.25. The zero-order valence-electron chi connectivity index (χ0n) is 10.0. The van der Waals surface area contributed by atoms with Crippen LogP contribution >= 0.6 is 0 Å². The van der Waals surface area contributed by atoms with Gasteiger partial charge in [0.2, 0.25) is 10.0 Å². The van der Waals surface area contributed by atoms with E-state index in [1.807, 2.05) is 0 Å². The Morgan fingerprint density at radius 1 is 1.25 bits per heavy atom. The molecule has 1 aliphatic rings. The van der Waals surface area contributed by atoms with Gasteiger partial charge in [-0.1, -0.05) is 0 Å². The lowest BCUT2D eigenvalue weighted by atomic mass is 10.3. The van der Waals surface area contributed by atoms with Gasteiger partial charge in [-0.15, -0.1) is 3.89 Å². The molecule has 1 N–H and O–H groups in total. The number of aliphatic hydroxyl groups is 1. The van der Waals surface area contributed by atoms with E-state index in [1.165, 1.54) is 0 Å². The molecule has 0 aromatic heterocycles. The van der Waals surface area contributed by atoms with Crippen molar-refractivity contribution in [2.75, 3.05) is 13.1 Å². The summed E-state index contributed by atoms with van der Waals surface area (Å²) in [5.41, 5.74) is 0. The summed E-state index contributed by atoms with van der Waals surface area (Å²) < 4.78 is 72.8. The Labute approximate surface area is 114 Å². The number of nitrogens with zero attached hydrogens (tertiary/aromatic N) is 1. The van der Waals surface area contributed by atoms with E-state index in [9.17, 15) is 30.2 Å². The Morgan fingerprint density at radius 2 is 1.90 bits per heavy atom. The molecule has 1 aliphatic heterocycles. The van der Waals surface area contributed by atoms with E-state index in [2.05, 4.69) is 0 Å². The topological polar surface area (TPSA) is 91.8 Å². The van der Waals surface area contributed by atoms with Crippen molar-refractivity contribution in [3.05, 3.63) is 24.0 Å². The summed E-state index contributed by atoms with van der Waals surface area (Å²) in [6, 6.07) is 1.86. The first-order valence-electron chi connectivity index (χ1n) is 5.55. The van der Waals surface area contributed by atoms with Crippen molar-refractivity contribution in [1.82, 2.24) is 4.31 Å². The molecule has 10 heteroatoms. The number of hydrogen-bond donors (Lipinski definition) is 1. The van der Waals surface area contributed by atoms with E-state index in [1.54, 1.807) is 0 Å². The van der Waals surface area contributed by atoms with Crippen LogP contribution in [0.4, 0.5) is 8.28 Å². The van der Waals surface area contributed by atoms with Crippen molar-refractivity contribution in [2.45, 2.75) is 22.3 Å². The molecule has 1 heterocycles. The Bertz CT molecular complexity index is 732. The van der Waals surface area contributed by atoms with Gasteiger partial charge in [-0.25, -0.2) is 12.8 Å². The molecule has 1 atom stereocenters. The Hall–Kier alpha value is -1.10. The largest absolute Gasteiger partial charge is 0.392 e. The zero-order chi connectivity index (χ0) is 15.1. The molecule has 0 aliphatic carbocycles. The fourth-order valence-electron chi connectivity index (χ4n) is 1.91. The molecule has 1 aromatic rings. The third kappa shape index (κ3) is 2.82. The van der Waals surface area contributed by atoms with Crippen LogP contribution < -0.4 is 0 Å². The average Bonchev–Trinajstić information content (AvgIpc) is 2.75. The lowest BCUT2D eigenvalue weighted by molar-refractivity contribution is 0.189. The molecule has 1 aromatic carbocycles. The van der Waals surface area contributed by atoms with Gasteiger partial charge < -0.3 is 5.11 Å². The normalized spacial score (nSPS) is 21.2. The second kappa shape index (κ2) is 5.02. The number of hydrogen-bond acceptors (Lipinski definition) is 5. The van der Waals surface area contributed by atoms with E-state index >= 15 is 0 Å². The molecule has 2 rings (SSSR count). The molecule has 1 unspecified atom stereocenters. The predicted octanol–water partition coefficient (Wildman–Crippen LogP) is 0.239. The maximum absolute atomic E-state index is 13.2. The van der Waals surface area contributed by atoms with Crippen LogP contribution in [-0.2, 0) is 20.2 Å². The summed E-state index contributed by atoms with van der Waals surface area (Å²) in [5.74, 6) is -1.37. The van der Waals surface area contributed by atoms with E-state index in [0.29, 0.717) is 12.1 Å². The lowest BCUT2D eigenvalue weighted by Gasteiger charge is -2.16. The first-order chi connectivity index (χ1) is 9.12. The minimum atomic E-state index is -5.36. The van der Waals surface area contributed by atoms with Gasteiger partial charge in [0.15, 0.2) is 0 Å². The lowest BCUT2D eigenvalue weighted by Crippen LogP contribution is -2.29. The second-order valence-corrected chi connectivity index (χ2v) is 7.59. The molecule has 112 valence electrons. The standard InChI is InChI=1S/C10H11F2NO5S2/c11-9-2-1-8(5-10(9)19(12,15)16)20(17,18)13-4-3-7(14)6-13/h1-2,5,7,14H,3-4,6H2. The first kappa shape index (κ1) is 15.3. The summed E-state index contributed by atoms with van der Waals surface area (Å²) in [7, 11) is -9.45. The maximum atomic E-state index is 13.2. The fraction of sp³-hybridized carbons (Fsp3) is 0.400. The smallest absolute Gasteiger partial charge is 0.335 e. The Morgan fingerprint density at radius 3 is 2.40 bits per heavy atom. The van der Waals surface area contributed by atoms with Crippen molar-refractivity contribution in [3.8, 4) is 0 Å². The van der Waals surface area contributed by atoms with Crippen LogP contribution in [0.3, 0.4) is 0 Å². The van der Waals surface area contributed by atoms with Crippen LogP contribution in [0, 0.1) is 5.82 Å². The van der Waals surface area contributed by atoms with Gasteiger partial charge in [-0.3, -0.25) is 0 Å². The average molecular weight is 327 g/mol. The van der Waals surface area contributed by atoms with Crippen molar-refractivity contribution < 1.29 is 30.2 Å². The van der Waals surface area contributed by atoms with Crippen LogP contribution in [0.5, 0.6) is 0 Å². The van der Waals surface area contributed by atoms with Gasteiger partial charge in [0.05, 0.1) is 11.0 Å². The number of β-amino-alcohol motifs (C(OH)–C–C–N with tert-alkyl or cyclic N) is 1. The van der Waals surface area contributed by atoms with Gasteiger partial charge in [0.1, 0.15) is 10.7 Å². The van der Waals surface area contributed by atoms with Gasteiger partial charge in [0, 0.05) is 13.1 Å². The number of rotatable bonds is 3. The molecule has 1 saturated heterocycles. The summed E-state index contributed by atoms with van der Waals surface area (Å²) in [6.07, 6.45) is -0.566. The van der Waals surface area contributed by atoms with Gasteiger partial charge >= 0.3 is 10.2 Å². The number of aliphatic hydroxyl groups excluding tert-OH is 1. The molecule has 1 fully saturated rings. The van der Waals surface area contributed by atoms with E-state index in [4.69, 9.17) is 0 Å². The summed E-state index contributed by atoms with van der Waals surface area (Å²) in [5, 5.41) is 9.32. The van der Waals surface area contributed by atoms with Crippen molar-refractivity contribution >= 4 is 20.2 Å². The number of benzene rings is 1.